The van der Waals surface area contributed by atoms with Crippen molar-refractivity contribution in [3.63, 3.8) is 0 Å². The van der Waals surface area contributed by atoms with Gasteiger partial charge in [-0.05, 0) is 28.1 Å². The maximum atomic E-state index is 12.7. The summed E-state index contributed by atoms with van der Waals surface area (Å²) < 4.78 is 6.14. The van der Waals surface area contributed by atoms with Gasteiger partial charge in [0.1, 0.15) is 11.5 Å². The normalized spacial score (nSPS) is 17.5. The Kier molecular flexibility index (Phi) is 3.94. The van der Waals surface area contributed by atoms with Crippen LogP contribution in [0.1, 0.15) is 29.0 Å². The third-order valence-electron chi connectivity index (χ3n) is 3.48. The van der Waals surface area contributed by atoms with Crippen LogP contribution in [0.3, 0.4) is 0 Å². The van der Waals surface area contributed by atoms with Crippen molar-refractivity contribution < 1.29 is 14.0 Å². The molecule has 0 spiro atoms. The highest BCUT2D eigenvalue weighted by Crippen LogP contribution is 2.30. The second-order valence-electron chi connectivity index (χ2n) is 4.98. The van der Waals surface area contributed by atoms with Crippen LogP contribution >= 0.6 is 15.9 Å². The van der Waals surface area contributed by atoms with E-state index in [9.17, 15) is 9.59 Å². The number of hydrogen-bond acceptors (Lipinski definition) is 4. The van der Waals surface area contributed by atoms with Crippen molar-refractivity contribution in [2.45, 2.75) is 12.8 Å². The van der Waals surface area contributed by atoms with Gasteiger partial charge in [-0.25, -0.2) is 5.01 Å². The Hall–Kier alpha value is -2.21. The number of halogens is 1. The van der Waals surface area contributed by atoms with E-state index in [2.05, 4.69) is 21.0 Å². The SMILES string of the molecule is CC(=O)N1CC(c2ccc(Br)o2)C(C(=O)c2ccccc2)=N1. The molecule has 1 aromatic carbocycles. The van der Waals surface area contributed by atoms with Crippen molar-refractivity contribution in [2.24, 2.45) is 5.10 Å². The van der Waals surface area contributed by atoms with E-state index >= 15 is 0 Å². The first-order valence-corrected chi connectivity index (χ1v) is 7.57. The highest BCUT2D eigenvalue weighted by molar-refractivity contribution is 9.10. The van der Waals surface area contributed by atoms with Crippen molar-refractivity contribution in [3.8, 4) is 0 Å². The number of hydrogen-bond donors (Lipinski definition) is 0. The fourth-order valence-corrected chi connectivity index (χ4v) is 2.70. The van der Waals surface area contributed by atoms with E-state index in [1.54, 1.807) is 36.4 Å². The Morgan fingerprint density at radius 1 is 1.23 bits per heavy atom. The van der Waals surface area contributed by atoms with Crippen LogP contribution in [-0.4, -0.2) is 29.0 Å². The molecule has 1 amide bonds. The number of carbonyl (C=O) groups is 2. The van der Waals surface area contributed by atoms with Gasteiger partial charge in [-0.3, -0.25) is 9.59 Å². The Bertz CT molecular complexity index is 752. The molecule has 0 radical (unpaired) electrons. The Morgan fingerprint density at radius 2 is 1.95 bits per heavy atom. The number of ketones is 1. The van der Waals surface area contributed by atoms with E-state index in [4.69, 9.17) is 4.42 Å². The lowest BCUT2D eigenvalue weighted by Gasteiger charge is -2.10. The van der Waals surface area contributed by atoms with Crippen molar-refractivity contribution in [1.82, 2.24) is 5.01 Å². The second-order valence-corrected chi connectivity index (χ2v) is 5.76. The summed E-state index contributed by atoms with van der Waals surface area (Å²) in [6, 6.07) is 12.4. The molecule has 2 heterocycles. The first-order chi connectivity index (χ1) is 10.6. The molecule has 112 valence electrons. The highest BCUT2D eigenvalue weighted by Gasteiger charge is 2.36. The van der Waals surface area contributed by atoms with Gasteiger partial charge >= 0.3 is 0 Å². The third-order valence-corrected chi connectivity index (χ3v) is 3.91. The third kappa shape index (κ3) is 2.74. The highest BCUT2D eigenvalue weighted by atomic mass is 79.9. The van der Waals surface area contributed by atoms with Gasteiger partial charge in [-0.15, -0.1) is 0 Å². The van der Waals surface area contributed by atoms with Gasteiger partial charge in [0.2, 0.25) is 11.7 Å². The molecule has 2 aromatic rings. The van der Waals surface area contributed by atoms with Crippen molar-refractivity contribution in [2.75, 3.05) is 6.54 Å². The molecule has 5 nitrogen and oxygen atoms in total. The van der Waals surface area contributed by atoms with Gasteiger partial charge in [0.15, 0.2) is 4.67 Å². The summed E-state index contributed by atoms with van der Waals surface area (Å²) in [5.74, 6) is -0.144. The molecule has 0 aliphatic carbocycles. The summed E-state index contributed by atoms with van der Waals surface area (Å²) in [5, 5.41) is 5.51. The molecule has 6 heteroatoms. The number of Topliss-reactive ketones (excluding diaryl/α,β-unsaturated/α-hetero) is 1. The van der Waals surface area contributed by atoms with Gasteiger partial charge in [0, 0.05) is 12.5 Å². The maximum absolute atomic E-state index is 12.7. The molecule has 1 aliphatic heterocycles. The molecule has 0 fully saturated rings. The summed E-state index contributed by atoms with van der Waals surface area (Å²) in [6.07, 6.45) is 0. The lowest BCUT2D eigenvalue weighted by molar-refractivity contribution is -0.128. The lowest BCUT2D eigenvalue weighted by Crippen LogP contribution is -2.24. The number of carbonyl (C=O) groups excluding carboxylic acids is 2. The predicted molar refractivity (Wildman–Crippen MR) is 84.7 cm³/mol. The average molecular weight is 361 g/mol. The number of nitrogens with zero attached hydrogens (tertiary/aromatic N) is 2. The van der Waals surface area contributed by atoms with Crippen LogP contribution in [-0.2, 0) is 4.79 Å². The summed E-state index contributed by atoms with van der Waals surface area (Å²) in [6.45, 7) is 1.73. The lowest BCUT2D eigenvalue weighted by atomic mass is 9.94. The van der Waals surface area contributed by atoms with E-state index in [1.165, 1.54) is 11.9 Å². The molecule has 1 atom stereocenters. The number of rotatable bonds is 3. The van der Waals surface area contributed by atoms with Gasteiger partial charge in [0.25, 0.3) is 0 Å². The zero-order valence-corrected chi connectivity index (χ0v) is 13.4. The number of furan rings is 1. The number of benzene rings is 1. The van der Waals surface area contributed by atoms with Crippen LogP contribution in [0.2, 0.25) is 0 Å². The zero-order valence-electron chi connectivity index (χ0n) is 11.8. The first-order valence-electron chi connectivity index (χ1n) is 6.78. The van der Waals surface area contributed by atoms with Crippen LogP contribution in [0.25, 0.3) is 0 Å². The van der Waals surface area contributed by atoms with Crippen molar-refractivity contribution in [3.05, 3.63) is 58.5 Å². The smallest absolute Gasteiger partial charge is 0.239 e. The quantitative estimate of drug-likeness (QED) is 0.789. The Labute approximate surface area is 135 Å². The molecular formula is C16H13BrN2O3. The predicted octanol–water partition coefficient (Wildman–Crippen LogP) is 3.23. The molecule has 1 unspecified atom stereocenters. The van der Waals surface area contributed by atoms with Crippen molar-refractivity contribution in [1.29, 1.82) is 0 Å². The number of hydrazone groups is 1. The molecular weight excluding hydrogens is 348 g/mol. The van der Waals surface area contributed by atoms with E-state index in [0.717, 1.165) is 0 Å². The molecule has 0 N–H and O–H groups in total. The summed E-state index contributed by atoms with van der Waals surface area (Å²) in [5.41, 5.74) is 0.866. The number of amides is 1. The van der Waals surface area contributed by atoms with E-state index in [0.29, 0.717) is 28.2 Å². The molecule has 3 rings (SSSR count). The molecule has 0 bridgehead atoms. The average Bonchev–Trinajstić information content (AvgIpc) is 3.13. The van der Waals surface area contributed by atoms with Crippen LogP contribution in [0.4, 0.5) is 0 Å². The fourth-order valence-electron chi connectivity index (χ4n) is 2.38. The molecule has 22 heavy (non-hydrogen) atoms. The minimum Gasteiger partial charge on any atom is -0.454 e. The molecule has 1 aromatic heterocycles. The molecule has 1 aliphatic rings. The van der Waals surface area contributed by atoms with E-state index in [-0.39, 0.29) is 17.6 Å². The topological polar surface area (TPSA) is 62.9 Å². The van der Waals surface area contributed by atoms with Crippen LogP contribution in [0, 0.1) is 0 Å². The summed E-state index contributed by atoms with van der Waals surface area (Å²) in [7, 11) is 0. The van der Waals surface area contributed by atoms with Crippen LogP contribution < -0.4 is 0 Å². The van der Waals surface area contributed by atoms with Gasteiger partial charge in [0.05, 0.1) is 12.5 Å². The Morgan fingerprint density at radius 3 is 2.55 bits per heavy atom. The monoisotopic (exact) mass is 360 g/mol. The molecule has 0 saturated heterocycles. The van der Waals surface area contributed by atoms with Gasteiger partial charge in [-0.2, -0.15) is 5.10 Å². The minimum absolute atomic E-state index is 0.193. The summed E-state index contributed by atoms with van der Waals surface area (Å²) >= 11 is 3.25. The largest absolute Gasteiger partial charge is 0.454 e. The first kappa shape index (κ1) is 14.7. The van der Waals surface area contributed by atoms with E-state index < -0.39 is 0 Å². The van der Waals surface area contributed by atoms with Crippen LogP contribution in [0.15, 0.2) is 56.7 Å². The maximum Gasteiger partial charge on any atom is 0.239 e. The molecule has 0 saturated carbocycles. The summed E-state index contributed by atoms with van der Waals surface area (Å²) in [4.78, 5) is 24.3. The zero-order chi connectivity index (χ0) is 15.7. The minimum atomic E-state index is -0.358. The fraction of sp³-hybridized carbons (Fsp3) is 0.188. The second kappa shape index (κ2) is 5.88. The van der Waals surface area contributed by atoms with E-state index in [1.807, 2.05) is 6.07 Å². The van der Waals surface area contributed by atoms with Gasteiger partial charge < -0.3 is 4.42 Å². The Balaban J connectivity index is 1.98. The van der Waals surface area contributed by atoms with Gasteiger partial charge in [-0.1, -0.05) is 30.3 Å². The standard InChI is InChI=1S/C16H13BrN2O3/c1-10(20)19-9-12(13-7-8-14(17)22-13)15(18-19)16(21)11-5-3-2-4-6-11/h2-8,12H,9H2,1H3. The van der Waals surface area contributed by atoms with Crippen molar-refractivity contribution >= 4 is 33.3 Å². The van der Waals surface area contributed by atoms with Crippen LogP contribution in [0.5, 0.6) is 0 Å².